The van der Waals surface area contributed by atoms with Crippen molar-refractivity contribution >= 4 is 21.6 Å². The molecule has 1 amide bonds. The number of nitrogens with zero attached hydrogens (tertiary/aromatic N) is 2. The van der Waals surface area contributed by atoms with Gasteiger partial charge >= 0.3 is 0 Å². The van der Waals surface area contributed by atoms with Crippen LogP contribution in [0.5, 0.6) is 0 Å². The van der Waals surface area contributed by atoms with Crippen molar-refractivity contribution in [3.63, 3.8) is 0 Å². The summed E-state index contributed by atoms with van der Waals surface area (Å²) in [5.41, 5.74) is 1.05. The maximum Gasteiger partial charge on any atom is 0.258 e. The molecule has 0 heterocycles. The zero-order valence-electron chi connectivity index (χ0n) is 15.1. The van der Waals surface area contributed by atoms with Crippen molar-refractivity contribution in [1.82, 2.24) is 4.31 Å². The summed E-state index contributed by atoms with van der Waals surface area (Å²) in [5, 5.41) is 0. The lowest BCUT2D eigenvalue weighted by Gasteiger charge is -2.22. The third-order valence-corrected chi connectivity index (χ3v) is 6.09. The second-order valence-corrected chi connectivity index (χ2v) is 7.60. The van der Waals surface area contributed by atoms with E-state index in [-0.39, 0.29) is 10.8 Å². The van der Waals surface area contributed by atoms with Crippen LogP contribution in [0.3, 0.4) is 0 Å². The first-order chi connectivity index (χ1) is 12.5. The van der Waals surface area contributed by atoms with Crippen LogP contribution in [0.15, 0.2) is 72.1 Å². The number of para-hydroxylation sites is 1. The van der Waals surface area contributed by atoms with Gasteiger partial charge in [-0.25, -0.2) is 8.42 Å². The summed E-state index contributed by atoms with van der Waals surface area (Å²) in [7, 11) is -3.62. The molecule has 2 rings (SSSR count). The minimum Gasteiger partial charge on any atom is -0.305 e. The van der Waals surface area contributed by atoms with Crippen molar-refractivity contribution in [2.24, 2.45) is 0 Å². The summed E-state index contributed by atoms with van der Waals surface area (Å²) in [5.74, 6) is -0.271. The van der Waals surface area contributed by atoms with Gasteiger partial charge in [0.1, 0.15) is 0 Å². The number of carbonyl (C=O) groups excluding carboxylic acids is 1. The number of amides is 1. The number of rotatable bonds is 8. The van der Waals surface area contributed by atoms with Gasteiger partial charge in [-0.05, 0) is 30.3 Å². The van der Waals surface area contributed by atoms with Crippen LogP contribution in [0.25, 0.3) is 0 Å². The molecule has 0 aliphatic carbocycles. The molecule has 0 atom stereocenters. The van der Waals surface area contributed by atoms with E-state index >= 15 is 0 Å². The van der Waals surface area contributed by atoms with E-state index in [0.717, 1.165) is 5.69 Å². The van der Waals surface area contributed by atoms with Crippen molar-refractivity contribution in [3.05, 3.63) is 72.8 Å². The first-order valence-corrected chi connectivity index (χ1v) is 9.97. The molecule has 0 saturated heterocycles. The number of hydrogen-bond acceptors (Lipinski definition) is 3. The van der Waals surface area contributed by atoms with E-state index in [9.17, 15) is 13.2 Å². The van der Waals surface area contributed by atoms with Crippen LogP contribution < -0.4 is 4.90 Å². The third kappa shape index (κ3) is 4.20. The van der Waals surface area contributed by atoms with Crippen LogP contribution >= 0.6 is 0 Å². The van der Waals surface area contributed by atoms with Gasteiger partial charge in [-0.15, -0.1) is 6.58 Å². The monoisotopic (exact) mass is 372 g/mol. The summed E-state index contributed by atoms with van der Waals surface area (Å²) in [4.78, 5) is 14.7. The highest BCUT2D eigenvalue weighted by Gasteiger charge is 2.24. The van der Waals surface area contributed by atoms with Gasteiger partial charge in [0.2, 0.25) is 10.0 Å². The Bertz CT molecular complexity index is 860. The highest BCUT2D eigenvalue weighted by atomic mass is 32.2. The summed E-state index contributed by atoms with van der Waals surface area (Å²) < 4.78 is 26.8. The molecule has 2 aromatic carbocycles. The standard InChI is InChI=1S/C20H24N2O3S/c1-4-15-22(18-12-8-7-9-13-18)20(23)17-11-10-14-19(16-17)26(24,25)21(5-2)6-3/h4,7-14,16H,1,5-6,15H2,2-3H3. The lowest BCUT2D eigenvalue weighted by molar-refractivity contribution is 0.0989. The Balaban J connectivity index is 2.42. The summed E-state index contributed by atoms with van der Waals surface area (Å²) in [6, 6.07) is 15.4. The van der Waals surface area contributed by atoms with E-state index in [4.69, 9.17) is 0 Å². The van der Waals surface area contributed by atoms with Gasteiger partial charge in [-0.3, -0.25) is 4.79 Å². The smallest absolute Gasteiger partial charge is 0.258 e. The zero-order chi connectivity index (χ0) is 19.2. The zero-order valence-corrected chi connectivity index (χ0v) is 15.9. The highest BCUT2D eigenvalue weighted by Crippen LogP contribution is 2.21. The molecule has 5 nitrogen and oxygen atoms in total. The fraction of sp³-hybridized carbons (Fsp3) is 0.250. The molecule has 0 aromatic heterocycles. The number of carbonyl (C=O) groups is 1. The number of anilines is 1. The third-order valence-electron chi connectivity index (χ3n) is 4.05. The normalized spacial score (nSPS) is 11.3. The molecule has 0 bridgehead atoms. The van der Waals surface area contributed by atoms with Crippen LogP contribution in [0, 0.1) is 0 Å². The molecule has 6 heteroatoms. The minimum atomic E-state index is -3.62. The Labute approximate surface area is 155 Å². The highest BCUT2D eigenvalue weighted by molar-refractivity contribution is 7.89. The number of sulfonamides is 1. The predicted octanol–water partition coefficient (Wildman–Crippen LogP) is 3.55. The van der Waals surface area contributed by atoms with Gasteiger partial charge < -0.3 is 4.90 Å². The molecular formula is C20H24N2O3S. The first kappa shape index (κ1) is 19.9. The van der Waals surface area contributed by atoms with Gasteiger partial charge in [-0.2, -0.15) is 4.31 Å². The van der Waals surface area contributed by atoms with Crippen LogP contribution in [-0.4, -0.2) is 38.3 Å². The molecule has 138 valence electrons. The van der Waals surface area contributed by atoms with Gasteiger partial charge in [0.15, 0.2) is 0 Å². The fourth-order valence-corrected chi connectivity index (χ4v) is 4.21. The molecule has 2 aromatic rings. The largest absolute Gasteiger partial charge is 0.305 e. The Kier molecular flexibility index (Phi) is 6.71. The quantitative estimate of drug-likeness (QED) is 0.666. The topological polar surface area (TPSA) is 57.7 Å². The van der Waals surface area contributed by atoms with Crippen LogP contribution in [0.2, 0.25) is 0 Å². The molecule has 0 radical (unpaired) electrons. The average Bonchev–Trinajstić information content (AvgIpc) is 2.67. The van der Waals surface area contributed by atoms with E-state index in [0.29, 0.717) is 25.2 Å². The van der Waals surface area contributed by atoms with Crippen LogP contribution in [0.1, 0.15) is 24.2 Å². The molecule has 26 heavy (non-hydrogen) atoms. The maximum absolute atomic E-state index is 13.0. The van der Waals surface area contributed by atoms with Crippen molar-refractivity contribution in [3.8, 4) is 0 Å². The van der Waals surface area contributed by atoms with Gasteiger partial charge in [-0.1, -0.05) is 44.2 Å². The first-order valence-electron chi connectivity index (χ1n) is 8.53. The van der Waals surface area contributed by atoms with E-state index in [1.165, 1.54) is 16.4 Å². The molecule has 0 N–H and O–H groups in total. The molecule has 0 spiro atoms. The Morgan fingerprint density at radius 2 is 1.69 bits per heavy atom. The van der Waals surface area contributed by atoms with Crippen molar-refractivity contribution in [2.45, 2.75) is 18.7 Å². The van der Waals surface area contributed by atoms with E-state index in [2.05, 4.69) is 6.58 Å². The Morgan fingerprint density at radius 1 is 1.04 bits per heavy atom. The molecule has 0 aliphatic rings. The average molecular weight is 372 g/mol. The lowest BCUT2D eigenvalue weighted by Crippen LogP contribution is -2.32. The number of benzene rings is 2. The fourth-order valence-electron chi connectivity index (χ4n) is 2.70. The van der Waals surface area contributed by atoms with Crippen LogP contribution in [0.4, 0.5) is 5.69 Å². The van der Waals surface area contributed by atoms with Crippen molar-refractivity contribution < 1.29 is 13.2 Å². The van der Waals surface area contributed by atoms with Gasteiger partial charge in [0.25, 0.3) is 5.91 Å². The van der Waals surface area contributed by atoms with Gasteiger partial charge in [0, 0.05) is 30.9 Å². The summed E-state index contributed by atoms with van der Waals surface area (Å²) in [6.07, 6.45) is 1.64. The Morgan fingerprint density at radius 3 is 2.27 bits per heavy atom. The second-order valence-electron chi connectivity index (χ2n) is 5.66. The number of hydrogen-bond donors (Lipinski definition) is 0. The Hall–Kier alpha value is -2.44. The second kappa shape index (κ2) is 8.78. The molecular weight excluding hydrogens is 348 g/mol. The molecule has 0 aliphatic heterocycles. The van der Waals surface area contributed by atoms with Gasteiger partial charge in [0.05, 0.1) is 4.90 Å². The maximum atomic E-state index is 13.0. The molecule has 0 fully saturated rings. The van der Waals surface area contributed by atoms with Crippen LogP contribution in [-0.2, 0) is 10.0 Å². The summed E-state index contributed by atoms with van der Waals surface area (Å²) >= 11 is 0. The predicted molar refractivity (Wildman–Crippen MR) is 105 cm³/mol. The SMILES string of the molecule is C=CCN(C(=O)c1cccc(S(=O)(=O)N(CC)CC)c1)c1ccccc1. The molecule has 0 saturated carbocycles. The molecule has 0 unspecified atom stereocenters. The van der Waals surface area contributed by atoms with Crippen molar-refractivity contribution in [2.75, 3.05) is 24.5 Å². The van der Waals surface area contributed by atoms with Crippen molar-refractivity contribution in [1.29, 1.82) is 0 Å². The lowest BCUT2D eigenvalue weighted by atomic mass is 10.1. The van der Waals surface area contributed by atoms with E-state index < -0.39 is 10.0 Å². The van der Waals surface area contributed by atoms with E-state index in [1.807, 2.05) is 30.3 Å². The minimum absolute atomic E-state index is 0.124. The van der Waals surface area contributed by atoms with E-state index in [1.54, 1.807) is 37.0 Å². The summed E-state index contributed by atoms with van der Waals surface area (Å²) in [6.45, 7) is 8.37.